The van der Waals surface area contributed by atoms with E-state index < -0.39 is 5.41 Å². The van der Waals surface area contributed by atoms with Gasteiger partial charge < -0.3 is 9.72 Å². The van der Waals surface area contributed by atoms with Crippen LogP contribution in [0.2, 0.25) is 0 Å². The third-order valence-electron chi connectivity index (χ3n) is 4.57. The fraction of sp³-hybridized carbons (Fsp3) is 0.304. The lowest BCUT2D eigenvalue weighted by molar-refractivity contribution is -0.119. The lowest BCUT2D eigenvalue weighted by atomic mass is 9.91. The molecule has 1 N–H and O–H groups in total. The summed E-state index contributed by atoms with van der Waals surface area (Å²) in [5.41, 5.74) is 1.54. The number of carbonyl (C=O) groups is 1. The van der Waals surface area contributed by atoms with Crippen LogP contribution in [-0.2, 0) is 11.3 Å². The molecular weight excluding hydrogens is 412 g/mol. The zero-order valence-corrected chi connectivity index (χ0v) is 18.7. The van der Waals surface area contributed by atoms with Crippen LogP contribution in [0.3, 0.4) is 0 Å². The average molecular weight is 437 g/mol. The Kier molecular flexibility index (Phi) is 6.56. The van der Waals surface area contributed by atoms with Crippen LogP contribution in [0.5, 0.6) is 5.75 Å². The number of carbonyl (C=O) groups excluding carboxylic acids is 1. The number of hydrogen-bond donors (Lipinski definition) is 1. The molecule has 0 unspecified atom stereocenters. The van der Waals surface area contributed by atoms with Crippen molar-refractivity contribution in [3.63, 3.8) is 0 Å². The smallest absolute Gasteiger partial charge is 0.266 e. The highest BCUT2D eigenvalue weighted by Crippen LogP contribution is 2.25. The van der Waals surface area contributed by atoms with Crippen LogP contribution in [0.1, 0.15) is 32.8 Å². The van der Waals surface area contributed by atoms with E-state index in [9.17, 15) is 9.59 Å². The van der Waals surface area contributed by atoms with Crippen molar-refractivity contribution in [2.24, 2.45) is 5.41 Å². The Morgan fingerprint density at radius 2 is 2.03 bits per heavy atom. The van der Waals surface area contributed by atoms with Gasteiger partial charge in [-0.15, -0.1) is 11.3 Å². The molecule has 0 aliphatic heterocycles. The van der Waals surface area contributed by atoms with E-state index in [2.05, 4.69) is 16.2 Å². The number of thiazole rings is 1. The van der Waals surface area contributed by atoms with Gasteiger partial charge in [0.1, 0.15) is 5.75 Å². The fourth-order valence-corrected chi connectivity index (χ4v) is 3.67. The van der Waals surface area contributed by atoms with Gasteiger partial charge in [0.15, 0.2) is 5.78 Å². The molecule has 0 saturated carbocycles. The highest BCUT2D eigenvalue weighted by atomic mass is 32.1. The number of rotatable bonds is 6. The number of nitrogens with one attached hydrogen (secondary N) is 1. The van der Waals surface area contributed by atoms with Crippen molar-refractivity contribution >= 4 is 29.3 Å². The predicted molar refractivity (Wildman–Crippen MR) is 121 cm³/mol. The maximum atomic E-state index is 12.5. The second-order valence-electron chi connectivity index (χ2n) is 8.02. The summed E-state index contributed by atoms with van der Waals surface area (Å²) < 4.78 is 7.91. The largest absolute Gasteiger partial charge is 0.497 e. The molecule has 0 atom stereocenters. The SMILES string of the molecule is COc1ccc(-c2nn(CCC#N)cc2/C=c2\s/c(=C\C(=O)C(C)(C)C)[nH]c2=O)cc1. The first-order valence-corrected chi connectivity index (χ1v) is 10.6. The molecule has 31 heavy (non-hydrogen) atoms. The first-order valence-electron chi connectivity index (χ1n) is 9.77. The second kappa shape index (κ2) is 9.14. The van der Waals surface area contributed by atoms with Gasteiger partial charge in [-0.3, -0.25) is 14.3 Å². The van der Waals surface area contributed by atoms with Crippen LogP contribution in [-0.4, -0.2) is 27.7 Å². The maximum absolute atomic E-state index is 12.5. The van der Waals surface area contributed by atoms with Gasteiger partial charge >= 0.3 is 0 Å². The number of aryl methyl sites for hydroxylation is 1. The molecule has 0 radical (unpaired) electrons. The summed E-state index contributed by atoms with van der Waals surface area (Å²) in [6, 6.07) is 9.59. The average Bonchev–Trinajstić information content (AvgIpc) is 3.29. The molecule has 0 spiro atoms. The molecule has 7 nitrogen and oxygen atoms in total. The predicted octanol–water partition coefficient (Wildman–Crippen LogP) is 2.45. The van der Waals surface area contributed by atoms with Crippen molar-refractivity contribution in [3.8, 4) is 23.1 Å². The Labute approximate surface area is 183 Å². The normalized spacial score (nSPS) is 12.7. The van der Waals surface area contributed by atoms with Gasteiger partial charge in [0, 0.05) is 28.8 Å². The first kappa shape index (κ1) is 22.2. The molecule has 2 aromatic heterocycles. The molecule has 2 heterocycles. The highest BCUT2D eigenvalue weighted by molar-refractivity contribution is 7.07. The van der Waals surface area contributed by atoms with Gasteiger partial charge in [0.2, 0.25) is 0 Å². The molecule has 0 aliphatic carbocycles. The lowest BCUT2D eigenvalue weighted by Gasteiger charge is -2.12. The van der Waals surface area contributed by atoms with E-state index in [1.54, 1.807) is 17.9 Å². The van der Waals surface area contributed by atoms with Crippen molar-refractivity contribution < 1.29 is 9.53 Å². The maximum Gasteiger partial charge on any atom is 0.266 e. The number of nitrogens with zero attached hydrogens (tertiary/aromatic N) is 3. The molecule has 0 aliphatic rings. The number of aromatic nitrogens is 3. The van der Waals surface area contributed by atoms with Crippen molar-refractivity contribution in [2.75, 3.05) is 7.11 Å². The summed E-state index contributed by atoms with van der Waals surface area (Å²) >= 11 is 1.23. The standard InChI is InChI=1S/C23H24N4O3S/c1-23(2,3)19(28)13-20-25-22(29)18(31-20)12-16-14-27(11-5-10-24)26-21(16)15-6-8-17(30-4)9-7-15/h6-9,12-14H,5,11H2,1-4H3,(H,25,29)/b18-12-,20-13-. The number of nitriles is 1. The van der Waals surface area contributed by atoms with Gasteiger partial charge in [0.05, 0.1) is 41.0 Å². The molecule has 1 aromatic carbocycles. The van der Waals surface area contributed by atoms with Crippen molar-refractivity contribution in [2.45, 2.75) is 33.7 Å². The third kappa shape index (κ3) is 5.38. The minimum Gasteiger partial charge on any atom is -0.497 e. The number of hydrogen-bond acceptors (Lipinski definition) is 6. The number of ketones is 1. The molecular formula is C23H24N4O3S. The van der Waals surface area contributed by atoms with E-state index in [0.29, 0.717) is 27.9 Å². The van der Waals surface area contributed by atoms with Crippen LogP contribution in [0.15, 0.2) is 35.3 Å². The molecule has 8 heteroatoms. The van der Waals surface area contributed by atoms with Gasteiger partial charge in [-0.25, -0.2) is 0 Å². The monoisotopic (exact) mass is 436 g/mol. The summed E-state index contributed by atoms with van der Waals surface area (Å²) in [6.45, 7) is 5.96. The lowest BCUT2D eigenvalue weighted by Crippen LogP contribution is -2.22. The second-order valence-corrected chi connectivity index (χ2v) is 9.10. The zero-order chi connectivity index (χ0) is 22.6. The minimum absolute atomic E-state index is 0.0557. The third-order valence-corrected chi connectivity index (χ3v) is 5.54. The molecule has 160 valence electrons. The van der Waals surface area contributed by atoms with Gasteiger partial charge in [0.25, 0.3) is 5.56 Å². The Morgan fingerprint density at radius 3 is 2.65 bits per heavy atom. The molecule has 0 amide bonds. The van der Waals surface area contributed by atoms with Crippen LogP contribution < -0.4 is 19.5 Å². The highest BCUT2D eigenvalue weighted by Gasteiger charge is 2.18. The number of Topliss-reactive ketones (excluding diaryl/α,β-unsaturated/α-hetero) is 1. The van der Waals surface area contributed by atoms with Gasteiger partial charge in [-0.05, 0) is 30.3 Å². The quantitative estimate of drug-likeness (QED) is 0.640. The Balaban J connectivity index is 2.10. The fourth-order valence-electron chi connectivity index (χ4n) is 2.80. The Hall–Kier alpha value is -3.44. The molecule has 0 saturated heterocycles. The number of aromatic amines is 1. The van der Waals surface area contributed by atoms with Crippen molar-refractivity contribution in [1.29, 1.82) is 5.26 Å². The van der Waals surface area contributed by atoms with E-state index in [1.165, 1.54) is 17.4 Å². The van der Waals surface area contributed by atoms with E-state index >= 15 is 0 Å². The first-order chi connectivity index (χ1) is 14.7. The van der Waals surface area contributed by atoms with E-state index in [1.807, 2.05) is 51.2 Å². The zero-order valence-electron chi connectivity index (χ0n) is 17.9. The summed E-state index contributed by atoms with van der Waals surface area (Å²) in [5, 5.41) is 13.5. The van der Waals surface area contributed by atoms with E-state index in [-0.39, 0.29) is 11.3 Å². The number of benzene rings is 1. The van der Waals surface area contributed by atoms with Crippen LogP contribution >= 0.6 is 11.3 Å². The topological polar surface area (TPSA) is 101 Å². The van der Waals surface area contributed by atoms with Gasteiger partial charge in [-0.2, -0.15) is 10.4 Å². The Morgan fingerprint density at radius 1 is 1.32 bits per heavy atom. The Bertz CT molecular complexity index is 1300. The minimum atomic E-state index is -0.520. The summed E-state index contributed by atoms with van der Waals surface area (Å²) in [4.78, 5) is 27.5. The van der Waals surface area contributed by atoms with Crippen LogP contribution in [0.25, 0.3) is 23.4 Å². The molecule has 3 aromatic rings. The van der Waals surface area contributed by atoms with Gasteiger partial charge in [-0.1, -0.05) is 20.8 Å². The van der Waals surface area contributed by atoms with E-state index in [0.717, 1.165) is 16.9 Å². The summed E-state index contributed by atoms with van der Waals surface area (Å²) in [7, 11) is 1.60. The van der Waals surface area contributed by atoms with Crippen LogP contribution in [0.4, 0.5) is 0 Å². The summed E-state index contributed by atoms with van der Waals surface area (Å²) in [6.07, 6.45) is 5.39. The summed E-state index contributed by atoms with van der Waals surface area (Å²) in [5.74, 6) is 0.677. The number of methoxy groups -OCH3 is 1. The number of ether oxygens (including phenoxy) is 1. The molecule has 3 rings (SSSR count). The molecule has 0 bridgehead atoms. The van der Waals surface area contributed by atoms with Crippen LogP contribution in [0, 0.1) is 16.7 Å². The number of H-pyrrole nitrogens is 1. The molecule has 0 fully saturated rings. The van der Waals surface area contributed by atoms with Crippen molar-refractivity contribution in [3.05, 3.63) is 55.6 Å². The van der Waals surface area contributed by atoms with E-state index in [4.69, 9.17) is 10.00 Å². The van der Waals surface area contributed by atoms with Crippen molar-refractivity contribution in [1.82, 2.24) is 14.8 Å².